The number of rotatable bonds is 4. The molecule has 0 atom stereocenters. The fourth-order valence-corrected chi connectivity index (χ4v) is 1.11. The van der Waals surface area contributed by atoms with Crippen molar-refractivity contribution in [1.82, 2.24) is 19.9 Å². The fourth-order valence-electron chi connectivity index (χ4n) is 1.11. The predicted molar refractivity (Wildman–Crippen MR) is 75.5 cm³/mol. The molecule has 0 aliphatic rings. The highest BCUT2D eigenvalue weighted by Gasteiger charge is 2.06. The molecule has 0 unspecified atom stereocenters. The Morgan fingerprint density at radius 1 is 0.957 bits per heavy atom. The number of aromatic nitrogens is 4. The lowest BCUT2D eigenvalue weighted by Crippen LogP contribution is -2.04. The maximum atomic E-state index is 11.1. The number of methoxy groups -OCH3 is 3. The molecule has 0 saturated carbocycles. The van der Waals surface area contributed by atoms with Crippen LogP contribution in [-0.2, 0) is 4.74 Å². The Labute approximate surface area is 135 Å². The van der Waals surface area contributed by atoms with Gasteiger partial charge in [0.05, 0.1) is 50.2 Å². The first kappa shape index (κ1) is 13.4. The van der Waals surface area contributed by atoms with Crippen LogP contribution in [0.2, 0.25) is 0 Å². The molecule has 23 heavy (non-hydrogen) atoms. The van der Waals surface area contributed by atoms with Crippen LogP contribution in [0.3, 0.4) is 0 Å². The van der Waals surface area contributed by atoms with E-state index in [9.17, 15) is 9.59 Å². The van der Waals surface area contributed by atoms with Gasteiger partial charge in [-0.05, 0) is 0 Å². The molecule has 2 heterocycles. The van der Waals surface area contributed by atoms with Gasteiger partial charge in [0.15, 0.2) is 11.4 Å². The van der Waals surface area contributed by atoms with Crippen LogP contribution in [0.25, 0.3) is 0 Å². The molecule has 0 radical (unpaired) electrons. The number of ether oxygens (including phenoxy) is 3. The first-order chi connectivity index (χ1) is 12.2. The van der Waals surface area contributed by atoms with Gasteiger partial charge in [0.1, 0.15) is 0 Å². The summed E-state index contributed by atoms with van der Waals surface area (Å²) in [4.78, 5) is 35.9. The van der Waals surface area contributed by atoms with Gasteiger partial charge in [-0.2, -0.15) is 0 Å². The molecule has 1 N–H and O–H groups in total. The second-order valence-electron chi connectivity index (χ2n) is 3.58. The van der Waals surface area contributed by atoms with Gasteiger partial charge < -0.3 is 19.3 Å². The first-order valence-electron chi connectivity index (χ1n) is 7.35. The summed E-state index contributed by atoms with van der Waals surface area (Å²) >= 11 is 0. The van der Waals surface area contributed by atoms with Crippen molar-refractivity contribution in [3.05, 3.63) is 36.2 Å². The molecule has 122 valence electrons. The number of carbonyl (C=O) groups excluding carboxylic acids is 1. The molecule has 0 amide bonds. The minimum absolute atomic E-state index is 0.0919. The molecule has 0 aromatic carbocycles. The maximum Gasteiger partial charge on any atom is 0.358 e. The molecular weight excluding hydrogens is 308 g/mol. The van der Waals surface area contributed by atoms with Crippen molar-refractivity contribution in [1.29, 1.82) is 0 Å². The largest absolute Gasteiger partial charge is 0.480 e. The number of nitrogens with zero attached hydrogens (tertiary/aromatic N) is 4. The van der Waals surface area contributed by atoms with E-state index < -0.39 is 19.0 Å². The van der Waals surface area contributed by atoms with E-state index in [-0.39, 0.29) is 17.3 Å². The Morgan fingerprint density at radius 2 is 1.48 bits per heavy atom. The van der Waals surface area contributed by atoms with Crippen molar-refractivity contribution >= 4 is 11.9 Å². The molecule has 0 fully saturated rings. The summed E-state index contributed by atoms with van der Waals surface area (Å²) in [5.74, 6) is -1.62. The van der Waals surface area contributed by atoms with Crippen LogP contribution in [0, 0.1) is 0 Å². The third kappa shape index (κ3) is 5.53. The topological polar surface area (TPSA) is 134 Å². The van der Waals surface area contributed by atoms with Gasteiger partial charge in [-0.15, -0.1) is 0 Å². The van der Waals surface area contributed by atoms with Crippen LogP contribution in [0.4, 0.5) is 0 Å². The molecule has 0 bridgehead atoms. The number of hydrogen-bond donors (Lipinski definition) is 1. The zero-order valence-corrected chi connectivity index (χ0v) is 12.1. The lowest BCUT2D eigenvalue weighted by atomic mass is 10.5. The summed E-state index contributed by atoms with van der Waals surface area (Å²) in [6, 6.07) is 0. The van der Waals surface area contributed by atoms with Gasteiger partial charge in [-0.25, -0.2) is 29.5 Å². The van der Waals surface area contributed by atoms with Crippen molar-refractivity contribution in [2.24, 2.45) is 0 Å². The van der Waals surface area contributed by atoms with Gasteiger partial charge in [0, 0.05) is 0 Å². The van der Waals surface area contributed by atoms with Gasteiger partial charge in [0.25, 0.3) is 0 Å². The second-order valence-corrected chi connectivity index (χ2v) is 3.58. The number of hydrogen-bond acceptors (Lipinski definition) is 9. The van der Waals surface area contributed by atoms with Crippen molar-refractivity contribution in [3.8, 4) is 11.8 Å². The lowest BCUT2D eigenvalue weighted by molar-refractivity contribution is 0.0592. The minimum Gasteiger partial charge on any atom is -0.480 e. The molecule has 10 nitrogen and oxygen atoms in total. The Bertz CT molecular complexity index is 737. The Hall–Kier alpha value is -3.30. The summed E-state index contributed by atoms with van der Waals surface area (Å²) in [5.41, 5.74) is -0.280. The summed E-state index contributed by atoms with van der Waals surface area (Å²) in [7, 11) is 0.0492. The number of carboxylic acid groups (broad SMARTS) is 1. The van der Waals surface area contributed by atoms with E-state index in [2.05, 4.69) is 29.4 Å². The van der Waals surface area contributed by atoms with Crippen LogP contribution in [0.5, 0.6) is 11.8 Å². The minimum atomic E-state index is -2.78. The highest BCUT2D eigenvalue weighted by Crippen LogP contribution is 2.03. The molecule has 2 aromatic rings. The van der Waals surface area contributed by atoms with Crippen LogP contribution in [-0.4, -0.2) is 58.2 Å². The van der Waals surface area contributed by atoms with Crippen LogP contribution in [0.1, 0.15) is 25.1 Å². The number of esters is 1. The average molecular weight is 325 g/mol. The van der Waals surface area contributed by atoms with Crippen molar-refractivity contribution < 1.29 is 33.0 Å². The molecular formula is C13H14N4O6. The standard InChI is InChI=1S/C7H8N2O3.C6H6N2O3/c1-11-6-4-8-5(3-9-6)7(10)12-2;1-11-5-3-7-4(2-8-5)6(9)10/h3-4H,1-2H3;2-3H,1H3,(H,9,10)/i2D3;. The van der Waals surface area contributed by atoms with E-state index in [0.717, 1.165) is 12.4 Å². The molecule has 0 aliphatic heterocycles. The van der Waals surface area contributed by atoms with E-state index in [1.807, 2.05) is 0 Å². The number of carbonyl (C=O) groups is 2. The Morgan fingerprint density at radius 3 is 1.83 bits per heavy atom. The normalized spacial score (nSPS) is 11.7. The highest BCUT2D eigenvalue weighted by molar-refractivity contribution is 5.86. The second kappa shape index (κ2) is 8.87. The fraction of sp³-hybridized carbons (Fsp3) is 0.231. The Kier molecular flexibility index (Phi) is 5.16. The first-order valence-corrected chi connectivity index (χ1v) is 5.85. The van der Waals surface area contributed by atoms with Gasteiger partial charge in [-0.1, -0.05) is 0 Å². The third-order valence-electron chi connectivity index (χ3n) is 2.20. The lowest BCUT2D eigenvalue weighted by Gasteiger charge is -1.98. The summed E-state index contributed by atoms with van der Waals surface area (Å²) < 4.78 is 33.6. The van der Waals surface area contributed by atoms with E-state index in [0.29, 0.717) is 5.88 Å². The molecule has 0 saturated heterocycles. The number of aromatic carboxylic acids is 1. The summed E-state index contributed by atoms with van der Waals surface area (Å²) in [5, 5.41) is 8.41. The molecule has 0 aliphatic carbocycles. The smallest absolute Gasteiger partial charge is 0.358 e. The molecule has 10 heteroatoms. The average Bonchev–Trinajstić information content (AvgIpc) is 2.61. The Balaban J connectivity index is 0.000000273. The quantitative estimate of drug-likeness (QED) is 0.790. The van der Waals surface area contributed by atoms with E-state index >= 15 is 0 Å². The maximum absolute atomic E-state index is 11.1. The van der Waals surface area contributed by atoms with Crippen LogP contribution >= 0.6 is 0 Å². The van der Waals surface area contributed by atoms with Gasteiger partial charge in [-0.3, -0.25) is 0 Å². The van der Waals surface area contributed by atoms with Gasteiger partial charge >= 0.3 is 11.9 Å². The monoisotopic (exact) mass is 325 g/mol. The van der Waals surface area contributed by atoms with Crippen molar-refractivity contribution in [2.45, 2.75) is 0 Å². The molecule has 2 aromatic heterocycles. The van der Waals surface area contributed by atoms with Crippen molar-refractivity contribution in [2.75, 3.05) is 21.3 Å². The highest BCUT2D eigenvalue weighted by atomic mass is 16.5. The zero-order chi connectivity index (χ0) is 19.7. The van der Waals surface area contributed by atoms with Crippen molar-refractivity contribution in [3.63, 3.8) is 0 Å². The van der Waals surface area contributed by atoms with Gasteiger partial charge in [0.2, 0.25) is 11.8 Å². The van der Waals surface area contributed by atoms with E-state index in [4.69, 9.17) is 14.0 Å². The predicted octanol–water partition coefficient (Wildman–Crippen LogP) is 0.455. The molecule has 2 rings (SSSR count). The number of carboxylic acids is 1. The zero-order valence-electron chi connectivity index (χ0n) is 15.1. The van der Waals surface area contributed by atoms with Crippen LogP contribution in [0.15, 0.2) is 24.8 Å². The third-order valence-corrected chi connectivity index (χ3v) is 2.20. The van der Waals surface area contributed by atoms with E-state index in [1.54, 1.807) is 0 Å². The van der Waals surface area contributed by atoms with Crippen LogP contribution < -0.4 is 9.47 Å². The summed E-state index contributed by atoms with van der Waals surface area (Å²) in [6.45, 7) is 0. The SMILES string of the molecule is COc1cnc(C(=O)O)cn1.[2H]C([2H])([2H])OC(=O)c1cnc(OC)cn1. The summed E-state index contributed by atoms with van der Waals surface area (Å²) in [6.07, 6.45) is 4.66. The van der Waals surface area contributed by atoms with E-state index in [1.165, 1.54) is 26.6 Å². The molecule has 0 spiro atoms.